The Hall–Kier alpha value is -2.24. The van der Waals surface area contributed by atoms with E-state index in [0.717, 1.165) is 12.0 Å². The van der Waals surface area contributed by atoms with Crippen molar-refractivity contribution in [2.45, 2.75) is 46.1 Å². The fourth-order valence-corrected chi connectivity index (χ4v) is 2.07. The van der Waals surface area contributed by atoms with Gasteiger partial charge in [0.25, 0.3) is 0 Å². The van der Waals surface area contributed by atoms with Gasteiger partial charge in [0, 0.05) is 6.04 Å². The SMILES string of the molecule is C#CC#CC#CC#CC#C.CCC1CCN(C(C)C)CC1. The van der Waals surface area contributed by atoms with Crippen molar-refractivity contribution < 1.29 is 0 Å². The van der Waals surface area contributed by atoms with Crippen LogP contribution in [0.2, 0.25) is 0 Å². The lowest BCUT2D eigenvalue weighted by atomic mass is 9.94. The zero-order valence-electron chi connectivity index (χ0n) is 13.3. The van der Waals surface area contributed by atoms with E-state index < -0.39 is 0 Å². The second kappa shape index (κ2) is 12.8. The van der Waals surface area contributed by atoms with E-state index in [1.54, 1.807) is 0 Å². The summed E-state index contributed by atoms with van der Waals surface area (Å²) in [5.41, 5.74) is 0. The Kier molecular flexibility index (Phi) is 11.4. The molecule has 1 saturated heterocycles. The van der Waals surface area contributed by atoms with Crippen LogP contribution < -0.4 is 0 Å². The topological polar surface area (TPSA) is 3.24 Å². The van der Waals surface area contributed by atoms with Gasteiger partial charge in [-0.15, -0.1) is 12.8 Å². The highest BCUT2D eigenvalue weighted by molar-refractivity contribution is 5.41. The Morgan fingerprint density at radius 2 is 1.33 bits per heavy atom. The standard InChI is InChI=1S/C10H21N.C10H2/c1-4-10-5-7-11(8-6-10)9(2)3;1-3-5-7-9-10-8-6-4-2/h9-10H,4-8H2,1-3H3;1-2H. The molecule has 0 aromatic carbocycles. The largest absolute Gasteiger partial charge is 0.301 e. The summed E-state index contributed by atoms with van der Waals surface area (Å²) >= 11 is 0. The van der Waals surface area contributed by atoms with E-state index >= 15 is 0 Å². The van der Waals surface area contributed by atoms with Crippen molar-refractivity contribution in [3.8, 4) is 60.2 Å². The van der Waals surface area contributed by atoms with Gasteiger partial charge in [-0.1, -0.05) is 13.3 Å². The van der Waals surface area contributed by atoms with Crippen molar-refractivity contribution in [2.24, 2.45) is 5.92 Å². The molecule has 1 nitrogen and oxygen atoms in total. The molecule has 0 saturated carbocycles. The van der Waals surface area contributed by atoms with Gasteiger partial charge in [0.2, 0.25) is 0 Å². The lowest BCUT2D eigenvalue weighted by Crippen LogP contribution is -2.38. The zero-order chi connectivity index (χ0) is 15.9. The molecule has 1 heteroatoms. The molecule has 0 aliphatic carbocycles. The fourth-order valence-electron chi connectivity index (χ4n) is 2.07. The van der Waals surface area contributed by atoms with Crippen LogP contribution in [0.25, 0.3) is 0 Å². The molecule has 21 heavy (non-hydrogen) atoms. The van der Waals surface area contributed by atoms with Gasteiger partial charge in [0.15, 0.2) is 0 Å². The van der Waals surface area contributed by atoms with Gasteiger partial charge in [0.1, 0.15) is 0 Å². The first-order valence-electron chi connectivity index (χ1n) is 7.30. The lowest BCUT2D eigenvalue weighted by molar-refractivity contribution is 0.148. The average molecular weight is 277 g/mol. The zero-order valence-corrected chi connectivity index (χ0v) is 13.3. The number of likely N-dealkylation sites (tertiary alicyclic amines) is 1. The van der Waals surface area contributed by atoms with E-state index in [4.69, 9.17) is 12.8 Å². The van der Waals surface area contributed by atoms with Gasteiger partial charge in [-0.25, -0.2) is 0 Å². The van der Waals surface area contributed by atoms with Crippen molar-refractivity contribution in [1.29, 1.82) is 0 Å². The van der Waals surface area contributed by atoms with Crippen molar-refractivity contribution in [3.05, 3.63) is 0 Å². The molecule has 1 fully saturated rings. The predicted molar refractivity (Wildman–Crippen MR) is 90.7 cm³/mol. The second-order valence-corrected chi connectivity index (χ2v) is 5.02. The molecular weight excluding hydrogens is 254 g/mol. The summed E-state index contributed by atoms with van der Waals surface area (Å²) in [7, 11) is 0. The van der Waals surface area contributed by atoms with E-state index in [-0.39, 0.29) is 0 Å². The number of hydrogen-bond acceptors (Lipinski definition) is 1. The van der Waals surface area contributed by atoms with Gasteiger partial charge < -0.3 is 4.90 Å². The molecule has 0 amide bonds. The van der Waals surface area contributed by atoms with Crippen LogP contribution >= 0.6 is 0 Å². The van der Waals surface area contributed by atoms with E-state index in [2.05, 4.69) is 73.0 Å². The smallest absolute Gasteiger partial charge is 0.00385 e. The maximum atomic E-state index is 4.81. The third kappa shape index (κ3) is 10.2. The Bertz CT molecular complexity index is 505. The third-order valence-corrected chi connectivity index (χ3v) is 3.41. The molecule has 0 aromatic heterocycles. The average Bonchev–Trinajstić information content (AvgIpc) is 2.51. The van der Waals surface area contributed by atoms with Crippen LogP contribution in [0.3, 0.4) is 0 Å². The van der Waals surface area contributed by atoms with Gasteiger partial charge in [-0.3, -0.25) is 0 Å². The number of rotatable bonds is 2. The first kappa shape index (κ1) is 18.8. The molecule has 0 bridgehead atoms. The molecule has 108 valence electrons. The predicted octanol–water partition coefficient (Wildman–Crippen LogP) is 2.78. The lowest BCUT2D eigenvalue weighted by Gasteiger charge is -2.34. The van der Waals surface area contributed by atoms with Crippen LogP contribution in [0.15, 0.2) is 0 Å². The number of hydrogen-bond donors (Lipinski definition) is 0. The summed E-state index contributed by atoms with van der Waals surface area (Å²) in [5, 5.41) is 0. The van der Waals surface area contributed by atoms with Crippen LogP contribution in [0.4, 0.5) is 0 Å². The van der Waals surface area contributed by atoms with Crippen LogP contribution in [-0.4, -0.2) is 24.0 Å². The number of terminal acetylenes is 2. The van der Waals surface area contributed by atoms with Gasteiger partial charge in [0.05, 0.1) is 0 Å². The monoisotopic (exact) mass is 277 g/mol. The highest BCUT2D eigenvalue weighted by Crippen LogP contribution is 2.20. The van der Waals surface area contributed by atoms with E-state index in [1.807, 2.05) is 0 Å². The van der Waals surface area contributed by atoms with Crippen molar-refractivity contribution >= 4 is 0 Å². The molecule has 0 N–H and O–H groups in total. The minimum atomic E-state index is 0.757. The van der Waals surface area contributed by atoms with E-state index in [0.29, 0.717) is 0 Å². The third-order valence-electron chi connectivity index (χ3n) is 3.41. The number of nitrogens with zero attached hydrogens (tertiary/aromatic N) is 1. The molecule has 0 aromatic rings. The minimum absolute atomic E-state index is 0.757. The minimum Gasteiger partial charge on any atom is -0.301 e. The van der Waals surface area contributed by atoms with Crippen molar-refractivity contribution in [2.75, 3.05) is 13.1 Å². The molecule has 0 atom stereocenters. The Morgan fingerprint density at radius 1 is 0.905 bits per heavy atom. The van der Waals surface area contributed by atoms with Crippen LogP contribution in [0.5, 0.6) is 0 Å². The summed E-state index contributed by atoms with van der Waals surface area (Å²) in [4.78, 5) is 2.59. The first-order valence-corrected chi connectivity index (χ1v) is 7.30. The molecular formula is C20H23N. The first-order chi connectivity index (χ1) is 10.2. The summed E-state index contributed by atoms with van der Waals surface area (Å²) in [6.07, 6.45) is 13.9. The highest BCUT2D eigenvalue weighted by Gasteiger charge is 2.18. The van der Waals surface area contributed by atoms with Crippen LogP contribution in [0.1, 0.15) is 40.0 Å². The summed E-state index contributed by atoms with van der Waals surface area (Å²) in [5.74, 6) is 19.4. The van der Waals surface area contributed by atoms with Crippen molar-refractivity contribution in [3.63, 3.8) is 0 Å². The van der Waals surface area contributed by atoms with E-state index in [1.165, 1.54) is 32.4 Å². The summed E-state index contributed by atoms with van der Waals surface area (Å²) in [6.45, 7) is 9.57. The summed E-state index contributed by atoms with van der Waals surface area (Å²) < 4.78 is 0. The quantitative estimate of drug-likeness (QED) is 0.702. The molecule has 1 rings (SSSR count). The van der Waals surface area contributed by atoms with E-state index in [9.17, 15) is 0 Å². The highest BCUT2D eigenvalue weighted by atomic mass is 15.1. The molecule has 1 aliphatic heterocycles. The molecule has 0 radical (unpaired) electrons. The van der Waals surface area contributed by atoms with Gasteiger partial charge in [-0.05, 0) is 93.1 Å². The normalized spacial score (nSPS) is 13.6. The Balaban J connectivity index is 0.000000384. The molecule has 0 unspecified atom stereocenters. The van der Waals surface area contributed by atoms with Crippen LogP contribution in [0, 0.1) is 66.1 Å². The fraction of sp³-hybridized carbons (Fsp3) is 0.500. The Labute approximate surface area is 130 Å². The molecule has 1 aliphatic rings. The van der Waals surface area contributed by atoms with Crippen molar-refractivity contribution in [1.82, 2.24) is 4.90 Å². The maximum Gasteiger partial charge on any atom is 0.00385 e. The maximum absolute atomic E-state index is 4.81. The number of piperidine rings is 1. The molecule has 0 spiro atoms. The summed E-state index contributed by atoms with van der Waals surface area (Å²) in [6, 6.07) is 0.757. The van der Waals surface area contributed by atoms with Gasteiger partial charge >= 0.3 is 0 Å². The van der Waals surface area contributed by atoms with Crippen LogP contribution in [-0.2, 0) is 0 Å². The second-order valence-electron chi connectivity index (χ2n) is 5.02. The van der Waals surface area contributed by atoms with Gasteiger partial charge in [-0.2, -0.15) is 0 Å². The molecule has 1 heterocycles. The Morgan fingerprint density at radius 3 is 1.67 bits per heavy atom.